The van der Waals surface area contributed by atoms with Gasteiger partial charge < -0.3 is 10.2 Å². The molecule has 0 radical (unpaired) electrons. The predicted octanol–water partition coefficient (Wildman–Crippen LogP) is 2.70. The molecule has 1 saturated heterocycles. The number of rotatable bonds is 4. The zero-order valence-corrected chi connectivity index (χ0v) is 12.5. The van der Waals surface area contributed by atoms with Crippen LogP contribution in [0.2, 0.25) is 0 Å². The third-order valence-electron chi connectivity index (χ3n) is 4.50. The highest BCUT2D eigenvalue weighted by Crippen LogP contribution is 2.30. The van der Waals surface area contributed by atoms with Crippen molar-refractivity contribution in [3.05, 3.63) is 35.6 Å². The molecule has 1 N–H and O–H groups in total. The number of benzene rings is 1. The van der Waals surface area contributed by atoms with Gasteiger partial charge in [-0.2, -0.15) is 0 Å². The highest BCUT2D eigenvalue weighted by atomic mass is 19.1. The number of hydrogen-bond donors (Lipinski definition) is 1. The van der Waals surface area contributed by atoms with Crippen molar-refractivity contribution in [2.24, 2.45) is 5.92 Å². The lowest BCUT2D eigenvalue weighted by Crippen LogP contribution is -2.50. The first-order chi connectivity index (χ1) is 10.1. The molecule has 1 aliphatic heterocycles. The highest BCUT2D eigenvalue weighted by Gasteiger charge is 2.36. The Balaban J connectivity index is 1.69. The molecule has 4 heteroatoms. The Morgan fingerprint density at radius 1 is 1.29 bits per heavy atom. The van der Waals surface area contributed by atoms with E-state index in [0.29, 0.717) is 18.5 Å². The van der Waals surface area contributed by atoms with Gasteiger partial charge in [0.25, 0.3) is 0 Å². The molecular weight excluding hydrogens is 267 g/mol. The van der Waals surface area contributed by atoms with Crippen molar-refractivity contribution in [1.82, 2.24) is 10.2 Å². The van der Waals surface area contributed by atoms with Crippen molar-refractivity contribution in [1.29, 1.82) is 0 Å². The highest BCUT2D eigenvalue weighted by molar-refractivity contribution is 5.82. The first-order valence-corrected chi connectivity index (χ1v) is 7.92. The summed E-state index contributed by atoms with van der Waals surface area (Å²) in [5.74, 6) is 0.589. The summed E-state index contributed by atoms with van der Waals surface area (Å²) in [7, 11) is 0. The van der Waals surface area contributed by atoms with E-state index in [9.17, 15) is 9.18 Å². The minimum Gasteiger partial charge on any atom is -0.334 e. The molecule has 1 heterocycles. The Bertz CT molecular complexity index is 498. The van der Waals surface area contributed by atoms with Crippen LogP contribution in [0.1, 0.15) is 38.2 Å². The number of amides is 1. The molecule has 2 fully saturated rings. The molecule has 114 valence electrons. The van der Waals surface area contributed by atoms with E-state index in [-0.39, 0.29) is 17.8 Å². The summed E-state index contributed by atoms with van der Waals surface area (Å²) in [5, 5.41) is 3.36. The summed E-state index contributed by atoms with van der Waals surface area (Å²) >= 11 is 0. The van der Waals surface area contributed by atoms with E-state index in [2.05, 4.69) is 12.2 Å². The fourth-order valence-corrected chi connectivity index (χ4v) is 3.06. The second-order valence-corrected chi connectivity index (χ2v) is 6.46. The SMILES string of the molecule is CC1CCNC(C(=O)N(Cc2ccc(F)cc2)C2CC2)C1. The third kappa shape index (κ3) is 3.62. The minimum absolute atomic E-state index is 0.0465. The van der Waals surface area contributed by atoms with Crippen LogP contribution in [-0.2, 0) is 11.3 Å². The maximum absolute atomic E-state index is 13.0. The van der Waals surface area contributed by atoms with E-state index in [1.54, 1.807) is 12.1 Å². The standard InChI is InChI=1S/C17H23FN2O/c1-12-8-9-19-16(10-12)17(21)20(15-6-7-15)11-13-2-4-14(18)5-3-13/h2-5,12,15-16,19H,6-11H2,1H3. The van der Waals surface area contributed by atoms with E-state index in [1.165, 1.54) is 12.1 Å². The molecule has 2 unspecified atom stereocenters. The summed E-state index contributed by atoms with van der Waals surface area (Å²) in [6.07, 6.45) is 4.25. The lowest BCUT2D eigenvalue weighted by Gasteiger charge is -2.32. The molecule has 3 nitrogen and oxygen atoms in total. The zero-order chi connectivity index (χ0) is 14.8. The van der Waals surface area contributed by atoms with E-state index in [1.807, 2.05) is 4.90 Å². The quantitative estimate of drug-likeness (QED) is 0.924. The van der Waals surface area contributed by atoms with Gasteiger partial charge in [0.15, 0.2) is 0 Å². The fraction of sp³-hybridized carbons (Fsp3) is 0.588. The monoisotopic (exact) mass is 290 g/mol. The van der Waals surface area contributed by atoms with Gasteiger partial charge in [0.05, 0.1) is 6.04 Å². The Labute approximate surface area is 125 Å². The van der Waals surface area contributed by atoms with Crippen LogP contribution in [0.15, 0.2) is 24.3 Å². The number of nitrogens with zero attached hydrogens (tertiary/aromatic N) is 1. The van der Waals surface area contributed by atoms with Crippen LogP contribution in [0.5, 0.6) is 0 Å². The third-order valence-corrected chi connectivity index (χ3v) is 4.50. The summed E-state index contributed by atoms with van der Waals surface area (Å²) in [6.45, 7) is 3.73. The fourth-order valence-electron chi connectivity index (χ4n) is 3.06. The van der Waals surface area contributed by atoms with Gasteiger partial charge in [-0.3, -0.25) is 4.79 Å². The molecule has 0 aromatic heterocycles. The number of carbonyl (C=O) groups excluding carboxylic acids is 1. The second kappa shape index (κ2) is 6.14. The number of nitrogens with one attached hydrogen (secondary N) is 1. The summed E-state index contributed by atoms with van der Waals surface area (Å²) in [6, 6.07) is 6.80. The Hall–Kier alpha value is -1.42. The molecule has 1 aromatic carbocycles. The van der Waals surface area contributed by atoms with Crippen LogP contribution < -0.4 is 5.32 Å². The minimum atomic E-state index is -0.231. The van der Waals surface area contributed by atoms with Gasteiger partial charge in [-0.15, -0.1) is 0 Å². The van der Waals surface area contributed by atoms with Crippen molar-refractivity contribution in [3.8, 4) is 0 Å². The van der Waals surface area contributed by atoms with Gasteiger partial charge in [0.2, 0.25) is 5.91 Å². The average Bonchev–Trinajstić information content (AvgIpc) is 3.30. The molecule has 2 aliphatic rings. The van der Waals surface area contributed by atoms with Crippen molar-refractivity contribution in [2.45, 2.75) is 51.2 Å². The molecule has 0 bridgehead atoms. The first-order valence-electron chi connectivity index (χ1n) is 7.92. The summed E-state index contributed by atoms with van der Waals surface area (Å²) in [4.78, 5) is 14.8. The number of halogens is 1. The van der Waals surface area contributed by atoms with Crippen molar-refractivity contribution in [2.75, 3.05) is 6.54 Å². The summed E-state index contributed by atoms with van der Waals surface area (Å²) < 4.78 is 13.0. The molecule has 3 rings (SSSR count). The van der Waals surface area contributed by atoms with Crippen molar-refractivity contribution < 1.29 is 9.18 Å². The Morgan fingerprint density at radius 3 is 2.62 bits per heavy atom. The van der Waals surface area contributed by atoms with E-state index in [4.69, 9.17) is 0 Å². The van der Waals surface area contributed by atoms with Crippen LogP contribution in [0.25, 0.3) is 0 Å². The number of hydrogen-bond acceptors (Lipinski definition) is 2. The van der Waals surface area contributed by atoms with E-state index < -0.39 is 0 Å². The van der Waals surface area contributed by atoms with E-state index in [0.717, 1.165) is 37.8 Å². The largest absolute Gasteiger partial charge is 0.334 e. The lowest BCUT2D eigenvalue weighted by molar-refractivity contribution is -0.135. The van der Waals surface area contributed by atoms with Crippen LogP contribution >= 0.6 is 0 Å². The van der Waals surface area contributed by atoms with Gasteiger partial charge >= 0.3 is 0 Å². The maximum atomic E-state index is 13.0. The molecular formula is C17H23FN2O. The van der Waals surface area contributed by atoms with Crippen LogP contribution in [0, 0.1) is 11.7 Å². The zero-order valence-electron chi connectivity index (χ0n) is 12.5. The molecule has 1 saturated carbocycles. The molecule has 21 heavy (non-hydrogen) atoms. The van der Waals surface area contributed by atoms with E-state index >= 15 is 0 Å². The van der Waals surface area contributed by atoms with Crippen LogP contribution in [0.4, 0.5) is 4.39 Å². The Kier molecular flexibility index (Phi) is 4.24. The predicted molar refractivity (Wildman–Crippen MR) is 80.2 cm³/mol. The second-order valence-electron chi connectivity index (χ2n) is 6.46. The van der Waals surface area contributed by atoms with Crippen LogP contribution in [0.3, 0.4) is 0 Å². The van der Waals surface area contributed by atoms with Crippen molar-refractivity contribution in [3.63, 3.8) is 0 Å². The first kappa shape index (κ1) is 14.5. The molecule has 1 aliphatic carbocycles. The van der Waals surface area contributed by atoms with Gasteiger partial charge in [-0.1, -0.05) is 19.1 Å². The molecule has 2 atom stereocenters. The Morgan fingerprint density at radius 2 is 2.00 bits per heavy atom. The van der Waals surface area contributed by atoms with Gasteiger partial charge in [0.1, 0.15) is 5.82 Å². The van der Waals surface area contributed by atoms with Gasteiger partial charge in [-0.05, 0) is 55.8 Å². The molecule has 1 amide bonds. The lowest BCUT2D eigenvalue weighted by atomic mass is 9.93. The van der Waals surface area contributed by atoms with Crippen LogP contribution in [-0.4, -0.2) is 29.4 Å². The number of piperidine rings is 1. The molecule has 1 aromatic rings. The average molecular weight is 290 g/mol. The molecule has 0 spiro atoms. The normalized spacial score (nSPS) is 25.6. The van der Waals surface area contributed by atoms with Gasteiger partial charge in [0, 0.05) is 12.6 Å². The van der Waals surface area contributed by atoms with Crippen molar-refractivity contribution >= 4 is 5.91 Å². The number of carbonyl (C=O) groups is 1. The maximum Gasteiger partial charge on any atom is 0.240 e. The summed E-state index contributed by atoms with van der Waals surface area (Å²) in [5.41, 5.74) is 1.00. The topological polar surface area (TPSA) is 32.3 Å². The smallest absolute Gasteiger partial charge is 0.240 e. The van der Waals surface area contributed by atoms with Gasteiger partial charge in [-0.25, -0.2) is 4.39 Å².